The second kappa shape index (κ2) is 5.78. The van der Waals surface area contributed by atoms with Crippen molar-refractivity contribution in [3.8, 4) is 0 Å². The summed E-state index contributed by atoms with van der Waals surface area (Å²) < 4.78 is 2.05. The van der Waals surface area contributed by atoms with Crippen LogP contribution in [0.3, 0.4) is 0 Å². The zero-order valence-electron chi connectivity index (χ0n) is 11.2. The molecule has 1 atom stereocenters. The minimum atomic E-state index is 0.109. The molecule has 0 amide bonds. The largest absolute Gasteiger partial charge is 0.336 e. The highest BCUT2D eigenvalue weighted by atomic mass is 15.1. The number of rotatable bonds is 5. The predicted molar refractivity (Wildman–Crippen MR) is 72.3 cm³/mol. The molecule has 0 radical (unpaired) electrons. The van der Waals surface area contributed by atoms with Gasteiger partial charge in [-0.15, -0.1) is 0 Å². The molecular weight excluding hydrogens is 224 g/mol. The summed E-state index contributed by atoms with van der Waals surface area (Å²) in [6, 6.07) is 2.27. The van der Waals surface area contributed by atoms with Crippen molar-refractivity contribution in [2.75, 3.05) is 6.54 Å². The molecule has 0 saturated carbocycles. The zero-order chi connectivity index (χ0) is 13.0. The van der Waals surface area contributed by atoms with Crippen molar-refractivity contribution in [1.29, 1.82) is 0 Å². The minimum absolute atomic E-state index is 0.109. The lowest BCUT2D eigenvalue weighted by atomic mass is 10.1. The molecule has 2 aromatic heterocycles. The van der Waals surface area contributed by atoms with E-state index in [-0.39, 0.29) is 6.04 Å². The zero-order valence-corrected chi connectivity index (χ0v) is 11.2. The van der Waals surface area contributed by atoms with E-state index in [1.807, 2.05) is 31.8 Å². The molecule has 2 heterocycles. The van der Waals surface area contributed by atoms with Crippen LogP contribution in [0.2, 0.25) is 0 Å². The fourth-order valence-corrected chi connectivity index (χ4v) is 2.04. The van der Waals surface area contributed by atoms with Gasteiger partial charge in [-0.25, -0.2) is 4.98 Å². The minimum Gasteiger partial charge on any atom is -0.336 e. The Morgan fingerprint density at radius 3 is 2.83 bits per heavy atom. The summed E-state index contributed by atoms with van der Waals surface area (Å²) in [4.78, 5) is 8.72. The molecule has 0 spiro atoms. The molecule has 0 bridgehead atoms. The van der Waals surface area contributed by atoms with E-state index in [1.54, 1.807) is 0 Å². The number of hydrogen-bond acceptors (Lipinski definition) is 3. The maximum Gasteiger partial charge on any atom is 0.130 e. The standard InChI is InChI=1S/C14H20N4/c1-4-5-16-13(14-17-6-7-18(14)3)12-8-11(2)9-15-10-12/h6-10,13,16H,4-5H2,1-3H3. The van der Waals surface area contributed by atoms with Crippen molar-refractivity contribution < 1.29 is 0 Å². The van der Waals surface area contributed by atoms with Gasteiger partial charge >= 0.3 is 0 Å². The Morgan fingerprint density at radius 2 is 2.22 bits per heavy atom. The van der Waals surface area contributed by atoms with Crippen LogP contribution in [0.1, 0.15) is 36.3 Å². The number of aromatic nitrogens is 3. The van der Waals surface area contributed by atoms with Crippen LogP contribution in [0.4, 0.5) is 0 Å². The van der Waals surface area contributed by atoms with E-state index in [9.17, 15) is 0 Å². The normalized spacial score (nSPS) is 12.6. The van der Waals surface area contributed by atoms with E-state index in [4.69, 9.17) is 0 Å². The molecule has 18 heavy (non-hydrogen) atoms. The first-order valence-corrected chi connectivity index (χ1v) is 6.34. The molecule has 0 aliphatic rings. The average Bonchev–Trinajstić information content (AvgIpc) is 2.77. The highest BCUT2D eigenvalue weighted by Crippen LogP contribution is 2.20. The van der Waals surface area contributed by atoms with Crippen LogP contribution >= 0.6 is 0 Å². The Kier molecular flexibility index (Phi) is 4.10. The SMILES string of the molecule is CCCNC(c1cncc(C)c1)c1nccn1C. The molecule has 2 rings (SSSR count). The number of imidazole rings is 1. The van der Waals surface area contributed by atoms with Gasteiger partial charge in [0.2, 0.25) is 0 Å². The van der Waals surface area contributed by atoms with Gasteiger partial charge in [0.05, 0.1) is 6.04 Å². The van der Waals surface area contributed by atoms with Gasteiger partial charge in [0.15, 0.2) is 0 Å². The van der Waals surface area contributed by atoms with Gasteiger partial charge < -0.3 is 9.88 Å². The maximum absolute atomic E-state index is 4.45. The highest BCUT2D eigenvalue weighted by molar-refractivity contribution is 5.25. The van der Waals surface area contributed by atoms with E-state index < -0.39 is 0 Å². The third-order valence-electron chi connectivity index (χ3n) is 2.94. The summed E-state index contributed by atoms with van der Waals surface area (Å²) in [5, 5.41) is 3.53. The van der Waals surface area contributed by atoms with Crippen molar-refractivity contribution in [3.05, 3.63) is 47.8 Å². The van der Waals surface area contributed by atoms with Gasteiger partial charge in [-0.2, -0.15) is 0 Å². The number of hydrogen-bond donors (Lipinski definition) is 1. The number of aryl methyl sites for hydroxylation is 2. The third-order valence-corrected chi connectivity index (χ3v) is 2.94. The second-order valence-electron chi connectivity index (χ2n) is 4.58. The number of nitrogens with zero attached hydrogens (tertiary/aromatic N) is 3. The summed E-state index contributed by atoms with van der Waals surface area (Å²) in [5.41, 5.74) is 2.34. The van der Waals surface area contributed by atoms with Crippen LogP contribution in [-0.2, 0) is 7.05 Å². The summed E-state index contributed by atoms with van der Waals surface area (Å²) >= 11 is 0. The van der Waals surface area contributed by atoms with Gasteiger partial charge in [0.1, 0.15) is 5.82 Å². The monoisotopic (exact) mass is 244 g/mol. The smallest absolute Gasteiger partial charge is 0.130 e. The van der Waals surface area contributed by atoms with Crippen LogP contribution in [0.25, 0.3) is 0 Å². The molecule has 0 aliphatic heterocycles. The second-order valence-corrected chi connectivity index (χ2v) is 4.58. The van der Waals surface area contributed by atoms with Crippen LogP contribution in [0.15, 0.2) is 30.9 Å². The topological polar surface area (TPSA) is 42.7 Å². The van der Waals surface area contributed by atoms with E-state index in [0.717, 1.165) is 24.4 Å². The maximum atomic E-state index is 4.45. The van der Waals surface area contributed by atoms with E-state index in [2.05, 4.69) is 39.8 Å². The molecule has 1 unspecified atom stereocenters. The quantitative estimate of drug-likeness (QED) is 0.877. The lowest BCUT2D eigenvalue weighted by Crippen LogP contribution is -2.26. The van der Waals surface area contributed by atoms with Crippen LogP contribution in [0, 0.1) is 6.92 Å². The van der Waals surface area contributed by atoms with Crippen molar-refractivity contribution in [3.63, 3.8) is 0 Å². The van der Waals surface area contributed by atoms with Crippen LogP contribution in [-0.4, -0.2) is 21.1 Å². The fourth-order valence-electron chi connectivity index (χ4n) is 2.04. The molecule has 2 aromatic rings. The number of nitrogens with one attached hydrogen (secondary N) is 1. The summed E-state index contributed by atoms with van der Waals surface area (Å²) in [6.07, 6.45) is 8.69. The fraction of sp³-hybridized carbons (Fsp3) is 0.429. The molecule has 1 N–H and O–H groups in total. The summed E-state index contributed by atoms with van der Waals surface area (Å²) in [7, 11) is 2.02. The van der Waals surface area contributed by atoms with E-state index in [0.29, 0.717) is 0 Å². The van der Waals surface area contributed by atoms with Crippen molar-refractivity contribution >= 4 is 0 Å². The van der Waals surface area contributed by atoms with Crippen LogP contribution < -0.4 is 5.32 Å². The van der Waals surface area contributed by atoms with Gasteiger partial charge in [-0.1, -0.05) is 13.0 Å². The molecule has 4 nitrogen and oxygen atoms in total. The van der Waals surface area contributed by atoms with Crippen molar-refractivity contribution in [2.24, 2.45) is 7.05 Å². The molecular formula is C14H20N4. The summed E-state index contributed by atoms with van der Waals surface area (Å²) in [5.74, 6) is 1.02. The van der Waals surface area contributed by atoms with Crippen molar-refractivity contribution in [1.82, 2.24) is 19.9 Å². The Hall–Kier alpha value is -1.68. The Bertz CT molecular complexity index is 504. The first kappa shape index (κ1) is 12.8. The molecule has 0 aliphatic carbocycles. The Labute approximate surface area is 108 Å². The highest BCUT2D eigenvalue weighted by Gasteiger charge is 2.17. The Morgan fingerprint density at radius 1 is 1.39 bits per heavy atom. The summed E-state index contributed by atoms with van der Waals surface area (Å²) in [6.45, 7) is 5.19. The predicted octanol–water partition coefficient (Wildman–Crippen LogP) is 2.21. The first-order valence-electron chi connectivity index (χ1n) is 6.34. The Balaban J connectivity index is 2.33. The number of pyridine rings is 1. The average molecular weight is 244 g/mol. The van der Waals surface area contributed by atoms with Gasteiger partial charge in [0.25, 0.3) is 0 Å². The van der Waals surface area contributed by atoms with E-state index >= 15 is 0 Å². The lowest BCUT2D eigenvalue weighted by Gasteiger charge is -2.18. The van der Waals surface area contributed by atoms with Gasteiger partial charge in [0, 0.05) is 31.8 Å². The molecule has 0 aromatic carbocycles. The third kappa shape index (κ3) is 2.76. The molecule has 96 valence electrons. The lowest BCUT2D eigenvalue weighted by molar-refractivity contribution is 0.554. The van der Waals surface area contributed by atoms with Gasteiger partial charge in [-0.3, -0.25) is 4.98 Å². The molecule has 0 fully saturated rings. The first-order chi connectivity index (χ1) is 8.72. The molecule has 4 heteroatoms. The van der Waals surface area contributed by atoms with E-state index in [1.165, 1.54) is 5.56 Å². The van der Waals surface area contributed by atoms with Crippen LogP contribution in [0.5, 0.6) is 0 Å². The molecule has 0 saturated heterocycles. The van der Waals surface area contributed by atoms with Crippen molar-refractivity contribution in [2.45, 2.75) is 26.3 Å². The van der Waals surface area contributed by atoms with Gasteiger partial charge in [-0.05, 0) is 31.0 Å².